The fourth-order valence-electron chi connectivity index (χ4n) is 11.5. The van der Waals surface area contributed by atoms with Crippen molar-refractivity contribution < 1.29 is 61.5 Å². The molecular weight excluding hydrogens is 1020 g/mol. The molecule has 1 aromatic heterocycles. The van der Waals surface area contributed by atoms with E-state index in [1.54, 1.807) is 24.1 Å². The number of fused-ring (bicyclic) bond motifs is 2. The van der Waals surface area contributed by atoms with E-state index in [2.05, 4.69) is 25.5 Å². The highest BCUT2D eigenvalue weighted by atomic mass is 19.3. The lowest BCUT2D eigenvalue weighted by atomic mass is 9.92. The van der Waals surface area contributed by atoms with Crippen LogP contribution in [0.15, 0.2) is 41.3 Å². The second-order valence-electron chi connectivity index (χ2n) is 20.6. The van der Waals surface area contributed by atoms with Gasteiger partial charge in [0.05, 0.1) is 85.1 Å². The number of aromatic nitrogens is 2. The molecule has 6 aliphatic heterocycles. The van der Waals surface area contributed by atoms with Gasteiger partial charge in [-0.05, 0) is 85.4 Å². The fourth-order valence-corrected chi connectivity index (χ4v) is 11.5. The van der Waals surface area contributed by atoms with Crippen molar-refractivity contribution in [3.63, 3.8) is 0 Å². The van der Waals surface area contributed by atoms with Crippen LogP contribution in [0.5, 0.6) is 0 Å². The molecule has 2 aromatic rings. The van der Waals surface area contributed by atoms with Gasteiger partial charge >= 0.3 is 6.03 Å². The van der Waals surface area contributed by atoms with Gasteiger partial charge in [0.2, 0.25) is 17.7 Å². The minimum atomic E-state index is -2.66. The third-order valence-electron chi connectivity index (χ3n) is 15.7. The van der Waals surface area contributed by atoms with Crippen molar-refractivity contribution in [3.8, 4) is 0 Å². The molecule has 6 amide bonds. The number of carbonyl (C=O) groups excluding carboxylic acids is 5. The zero-order chi connectivity index (χ0) is 54.9. The molecule has 1 aliphatic carbocycles. The van der Waals surface area contributed by atoms with Crippen LogP contribution in [0.25, 0.3) is 5.57 Å². The average molecular weight is 1090 g/mol. The van der Waals surface area contributed by atoms with Crippen molar-refractivity contribution in [1.29, 1.82) is 0 Å². The van der Waals surface area contributed by atoms with Gasteiger partial charge in [-0.3, -0.25) is 34.1 Å². The van der Waals surface area contributed by atoms with Crippen LogP contribution >= 0.6 is 0 Å². The Kier molecular flexibility index (Phi) is 19.1. The molecule has 0 radical (unpaired) electrons. The number of likely N-dealkylation sites (tertiary alicyclic amines) is 1. The standard InChI is InChI=1S/C54H75F2N11O11/c1-57-54(73)64-18-12-44-43(34-64)50(65-15-4-5-35-29-40(36-32-61(2)62(3)33-36)41(49(55)56)31-46(35)65)60-67(44)38-10-16-63(17-11-38)48(69)13-19-74-21-23-76-25-27-78-28-26-77-24-22-75-20-14-58-37-6-7-39-42(30-37)53(72)66(52(39)71)45-8-9-47(68)59-51(45)70/h29-32,38,45,49,52,58,71H,4-28,33-34H2,1-3H3,(H,57,73)(H,59,68,70). The first-order valence-electron chi connectivity index (χ1n) is 27.4. The van der Waals surface area contributed by atoms with Crippen LogP contribution in [0.2, 0.25) is 0 Å². The first-order chi connectivity index (χ1) is 37.8. The second-order valence-corrected chi connectivity index (χ2v) is 20.6. The Morgan fingerprint density at radius 2 is 1.51 bits per heavy atom. The number of benzene rings is 1. The number of piperidine rings is 2. The normalized spacial score (nSPS) is 21.1. The van der Waals surface area contributed by atoms with Crippen molar-refractivity contribution >= 4 is 46.7 Å². The van der Waals surface area contributed by atoms with Gasteiger partial charge in [0.1, 0.15) is 6.04 Å². The molecule has 426 valence electrons. The molecule has 2 fully saturated rings. The number of aliphatic hydroxyl groups excluding tert-OH is 1. The van der Waals surface area contributed by atoms with E-state index in [1.165, 1.54) is 4.90 Å². The number of likely N-dealkylation sites (N-methyl/N-ethyl adjacent to an activating group) is 1. The number of carbonyl (C=O) groups is 5. The number of anilines is 2. The van der Waals surface area contributed by atoms with Gasteiger partial charge in [0.15, 0.2) is 12.0 Å². The first kappa shape index (κ1) is 56.7. The number of aliphatic hydroxyl groups is 1. The molecule has 4 N–H and O–H groups in total. The Morgan fingerprint density at radius 3 is 2.17 bits per heavy atom. The number of allylic oxidation sites excluding steroid dienone is 1. The number of hydrogen-bond acceptors (Lipinski definition) is 16. The lowest BCUT2D eigenvalue weighted by Gasteiger charge is -2.34. The molecule has 2 unspecified atom stereocenters. The number of nitrogens with zero attached hydrogens (tertiary/aromatic N) is 8. The van der Waals surface area contributed by atoms with Gasteiger partial charge in [0.25, 0.3) is 12.3 Å². The van der Waals surface area contributed by atoms with Crippen LogP contribution in [0.3, 0.4) is 0 Å². The topological polar surface area (TPSA) is 225 Å². The van der Waals surface area contributed by atoms with Gasteiger partial charge in [0, 0.05) is 113 Å². The average Bonchev–Trinajstić information content (AvgIpc) is 4.07. The predicted octanol–water partition coefficient (Wildman–Crippen LogP) is 2.90. The molecule has 24 heteroatoms. The van der Waals surface area contributed by atoms with E-state index >= 15 is 0 Å². The van der Waals surface area contributed by atoms with Crippen LogP contribution in [0, 0.1) is 0 Å². The molecule has 7 aliphatic rings. The largest absolute Gasteiger partial charge is 0.386 e. The maximum absolute atomic E-state index is 14.9. The Hall–Kier alpha value is -6.02. The summed E-state index contributed by atoms with van der Waals surface area (Å²) in [6.45, 7) is 7.52. The smallest absolute Gasteiger partial charge is 0.317 e. The number of nitrogens with one attached hydrogen (secondary N) is 3. The summed E-state index contributed by atoms with van der Waals surface area (Å²) in [5, 5.41) is 28.3. The summed E-state index contributed by atoms with van der Waals surface area (Å²) in [6, 6.07) is 2.58. The lowest BCUT2D eigenvalue weighted by molar-refractivity contribution is -0.149. The summed E-state index contributed by atoms with van der Waals surface area (Å²) >= 11 is 0. The number of halogens is 2. The first-order valence-corrected chi connectivity index (χ1v) is 27.4. The molecular formula is C54H75F2N11O11. The van der Waals surface area contributed by atoms with Gasteiger partial charge in [-0.15, -0.1) is 0 Å². The Morgan fingerprint density at radius 1 is 0.821 bits per heavy atom. The van der Waals surface area contributed by atoms with Crippen molar-refractivity contribution in [2.75, 3.05) is 131 Å². The summed E-state index contributed by atoms with van der Waals surface area (Å²) < 4.78 is 60.0. The number of amides is 6. The molecule has 9 rings (SSSR count). The lowest BCUT2D eigenvalue weighted by Crippen LogP contribution is -2.55. The van der Waals surface area contributed by atoms with Crippen molar-refractivity contribution in [1.82, 2.24) is 50.4 Å². The quantitative estimate of drug-likeness (QED) is 0.0876. The van der Waals surface area contributed by atoms with Crippen LogP contribution in [-0.4, -0.2) is 208 Å². The van der Waals surface area contributed by atoms with Crippen LogP contribution in [0.1, 0.15) is 91.8 Å². The number of urea groups is 1. The van der Waals surface area contributed by atoms with Gasteiger partial charge in [-0.25, -0.2) is 18.6 Å². The Balaban J connectivity index is 0.628. The molecule has 2 saturated heterocycles. The van der Waals surface area contributed by atoms with Gasteiger partial charge in [-0.1, -0.05) is 0 Å². The number of imide groups is 1. The van der Waals surface area contributed by atoms with E-state index in [-0.39, 0.29) is 55.3 Å². The van der Waals surface area contributed by atoms with Gasteiger partial charge in [-0.2, -0.15) is 5.10 Å². The molecule has 78 heavy (non-hydrogen) atoms. The number of alkyl halides is 2. The number of rotatable bonds is 24. The van der Waals surface area contributed by atoms with Crippen LogP contribution in [-0.2, 0) is 62.2 Å². The molecule has 1 aromatic carbocycles. The number of ether oxygens (including phenoxy) is 5. The molecule has 0 bridgehead atoms. The third kappa shape index (κ3) is 13.0. The summed E-state index contributed by atoms with van der Waals surface area (Å²) in [5.41, 5.74) is 7.00. The summed E-state index contributed by atoms with van der Waals surface area (Å²) in [6.07, 6.45) is 5.06. The minimum Gasteiger partial charge on any atom is -0.386 e. The van der Waals surface area contributed by atoms with E-state index in [9.17, 15) is 37.9 Å². The maximum atomic E-state index is 14.9. The summed E-state index contributed by atoms with van der Waals surface area (Å²) in [4.78, 5) is 70.2. The van der Waals surface area contributed by atoms with E-state index in [0.717, 1.165) is 46.6 Å². The number of hydrogen-bond donors (Lipinski definition) is 4. The minimum absolute atomic E-state index is 0.00281. The van der Waals surface area contributed by atoms with Crippen molar-refractivity contribution in [3.05, 3.63) is 69.2 Å². The highest BCUT2D eigenvalue weighted by Gasteiger charge is 2.46. The zero-order valence-electron chi connectivity index (χ0n) is 45.1. The summed E-state index contributed by atoms with van der Waals surface area (Å²) in [7, 11) is 5.46. The molecule has 0 spiro atoms. The van der Waals surface area contributed by atoms with E-state index in [1.807, 2.05) is 41.3 Å². The monoisotopic (exact) mass is 1090 g/mol. The SMILES string of the molecule is CNC(=O)N1CCc2c(c(N3CCCc4cc(C5=CN(C)N(C)C5)c(C(F)F)cc43)nn2C2CCN(C(=O)CCOCCOCCOCCOCCOCCNC3=CC4=C(CC3)C(O)N(C3CCC(=O)NC3=O)C4=O)CC2)C1. The second kappa shape index (κ2) is 26.3. The predicted molar refractivity (Wildman–Crippen MR) is 281 cm³/mol. The van der Waals surface area contributed by atoms with Gasteiger partial charge < -0.3 is 59.1 Å². The fraction of sp³-hybridized carbons (Fsp3) is 0.630. The molecule has 7 heterocycles. The Labute approximate surface area is 453 Å². The maximum Gasteiger partial charge on any atom is 0.317 e. The third-order valence-corrected chi connectivity index (χ3v) is 15.7. The molecule has 2 atom stereocenters. The van der Waals surface area contributed by atoms with E-state index < -0.39 is 30.5 Å². The zero-order valence-corrected chi connectivity index (χ0v) is 45.1. The van der Waals surface area contributed by atoms with Crippen LogP contribution < -0.4 is 20.9 Å². The van der Waals surface area contributed by atoms with Crippen molar-refractivity contribution in [2.24, 2.45) is 0 Å². The number of aryl methyl sites for hydroxylation is 1. The number of hydrazine groups is 1. The van der Waals surface area contributed by atoms with Crippen molar-refractivity contribution in [2.45, 2.75) is 95.5 Å². The highest BCUT2D eigenvalue weighted by Crippen LogP contribution is 2.44. The molecule has 0 saturated carbocycles. The highest BCUT2D eigenvalue weighted by molar-refractivity contribution is 6.06. The summed E-state index contributed by atoms with van der Waals surface area (Å²) in [5.74, 6) is -0.621. The van der Waals surface area contributed by atoms with E-state index in [4.69, 9.17) is 28.8 Å². The van der Waals surface area contributed by atoms with E-state index in [0.29, 0.717) is 160 Å². The van der Waals surface area contributed by atoms with Crippen LogP contribution in [0.4, 0.5) is 25.1 Å². The Bertz CT molecular complexity index is 2620. The molecule has 22 nitrogen and oxygen atoms in total.